The number of esters is 1. The maximum absolute atomic E-state index is 13.4. The zero-order chi connectivity index (χ0) is 26.8. The molecule has 0 bridgehead atoms. The number of thioether (sulfide) groups is 1. The number of epoxide rings is 1. The molecule has 2 aliphatic heterocycles. The summed E-state index contributed by atoms with van der Waals surface area (Å²) in [6.45, 7) is 13.8. The van der Waals surface area contributed by atoms with Crippen molar-refractivity contribution in [2.75, 3.05) is 6.26 Å². The number of hydrogen-bond acceptors (Lipinski definition) is 8. The molecule has 8 heteroatoms. The summed E-state index contributed by atoms with van der Waals surface area (Å²) in [6, 6.07) is 0. The van der Waals surface area contributed by atoms with Gasteiger partial charge in [0, 0.05) is 17.7 Å². The van der Waals surface area contributed by atoms with E-state index in [2.05, 4.69) is 25.8 Å². The fourth-order valence-electron chi connectivity index (χ4n) is 5.23. The van der Waals surface area contributed by atoms with E-state index in [4.69, 9.17) is 9.47 Å². The van der Waals surface area contributed by atoms with Crippen molar-refractivity contribution in [3.8, 4) is 0 Å². The maximum Gasteiger partial charge on any atom is 0.309 e. The molecule has 6 nitrogen and oxygen atoms in total. The van der Waals surface area contributed by atoms with Crippen LogP contribution in [-0.2, 0) is 19.1 Å². The number of rotatable bonds is 3. The largest absolute Gasteiger partial charge is 0.458 e. The quantitative estimate of drug-likeness (QED) is 0.280. The third kappa shape index (κ3) is 6.80. The maximum atomic E-state index is 13.4. The number of thiazole rings is 1. The summed E-state index contributed by atoms with van der Waals surface area (Å²) >= 11 is 3.18. The highest BCUT2D eigenvalue weighted by atomic mass is 32.2. The lowest BCUT2D eigenvalue weighted by Crippen LogP contribution is -2.44. The zero-order valence-electron chi connectivity index (χ0n) is 23.0. The van der Waals surface area contributed by atoms with E-state index in [1.54, 1.807) is 36.9 Å². The summed E-state index contributed by atoms with van der Waals surface area (Å²) in [5.41, 5.74) is 0.465. The van der Waals surface area contributed by atoms with E-state index in [0.717, 1.165) is 34.9 Å². The van der Waals surface area contributed by atoms with Gasteiger partial charge in [-0.1, -0.05) is 59.2 Å². The molecule has 1 N–H and O–H groups in total. The summed E-state index contributed by atoms with van der Waals surface area (Å²) < 4.78 is 13.1. The van der Waals surface area contributed by atoms with Gasteiger partial charge in [0.25, 0.3) is 0 Å². The van der Waals surface area contributed by atoms with Crippen LogP contribution < -0.4 is 0 Å². The first-order chi connectivity index (χ1) is 16.8. The van der Waals surface area contributed by atoms with Gasteiger partial charge in [-0.2, -0.15) is 0 Å². The Morgan fingerprint density at radius 1 is 1.25 bits per heavy atom. The minimum Gasteiger partial charge on any atom is -0.458 e. The van der Waals surface area contributed by atoms with Crippen LogP contribution in [0.1, 0.15) is 86.3 Å². The van der Waals surface area contributed by atoms with Crippen LogP contribution in [0.4, 0.5) is 0 Å². The predicted molar refractivity (Wildman–Crippen MR) is 146 cm³/mol. The van der Waals surface area contributed by atoms with E-state index < -0.39 is 23.6 Å². The molecule has 2 saturated heterocycles. The van der Waals surface area contributed by atoms with E-state index >= 15 is 0 Å². The third-order valence-electron chi connectivity index (χ3n) is 8.56. The van der Waals surface area contributed by atoms with Crippen molar-refractivity contribution in [2.24, 2.45) is 23.2 Å². The van der Waals surface area contributed by atoms with Crippen molar-refractivity contribution in [1.82, 2.24) is 4.98 Å². The second-order valence-corrected chi connectivity index (χ2v) is 13.5. The second-order valence-electron chi connectivity index (χ2n) is 11.6. The molecule has 0 aliphatic carbocycles. The highest BCUT2D eigenvalue weighted by molar-refractivity contribution is 8.00. The number of aliphatic hydroxyl groups is 1. The fourth-order valence-corrected chi connectivity index (χ4v) is 6.45. The molecule has 1 aromatic rings. The van der Waals surface area contributed by atoms with Gasteiger partial charge in [-0.05, 0) is 50.0 Å². The summed E-state index contributed by atoms with van der Waals surface area (Å²) in [6.07, 6.45) is 5.67. The van der Waals surface area contributed by atoms with Crippen molar-refractivity contribution < 1.29 is 24.2 Å². The number of ether oxygens (including phenoxy) is 2. The van der Waals surface area contributed by atoms with E-state index in [1.165, 1.54) is 0 Å². The Kier molecular flexibility index (Phi) is 9.51. The molecule has 0 aromatic carbocycles. The van der Waals surface area contributed by atoms with Crippen LogP contribution >= 0.6 is 23.1 Å². The highest BCUT2D eigenvalue weighted by Crippen LogP contribution is 2.45. The summed E-state index contributed by atoms with van der Waals surface area (Å²) in [5, 5.41) is 13.0. The predicted octanol–water partition coefficient (Wildman–Crippen LogP) is 6.17. The molecular formula is C28H43NO5S2. The highest BCUT2D eigenvalue weighted by Gasteiger charge is 2.53. The second kappa shape index (κ2) is 11.7. The molecule has 1 aromatic heterocycles. The van der Waals surface area contributed by atoms with Gasteiger partial charge in [0.2, 0.25) is 0 Å². The van der Waals surface area contributed by atoms with Gasteiger partial charge in [-0.15, -0.1) is 11.3 Å². The first-order valence-corrected chi connectivity index (χ1v) is 15.2. The Morgan fingerprint density at radius 2 is 1.94 bits per heavy atom. The summed E-state index contributed by atoms with van der Waals surface area (Å²) in [5.74, 6) is -0.170. The molecule has 36 heavy (non-hydrogen) atoms. The number of aliphatic hydroxyl groups excluding tert-OH is 1. The minimum absolute atomic E-state index is 0.00690. The summed E-state index contributed by atoms with van der Waals surface area (Å²) in [7, 11) is 0. The SMILES string of the molecule is CSc1nc(C=C(C)C2CC3OC3(C)CCCC(C)C(C)C(C)C(=O)C(C)(C)C(O)CC(=O)O2)cs1. The van der Waals surface area contributed by atoms with Crippen molar-refractivity contribution in [2.45, 2.75) is 109 Å². The van der Waals surface area contributed by atoms with Crippen LogP contribution in [0.25, 0.3) is 6.08 Å². The van der Waals surface area contributed by atoms with Crippen LogP contribution in [0.5, 0.6) is 0 Å². The molecule has 0 radical (unpaired) electrons. The molecular weight excluding hydrogens is 494 g/mol. The van der Waals surface area contributed by atoms with Crippen molar-refractivity contribution >= 4 is 40.9 Å². The number of hydrogen-bond donors (Lipinski definition) is 1. The molecule has 7 atom stereocenters. The Balaban J connectivity index is 1.85. The standard InChI is InChI=1S/C28H43NO5S2/c1-16-10-9-11-28(7)23(34-28)13-21(17(2)12-20-15-36-26(29-20)35-8)33-24(31)14-22(30)27(5,6)25(32)19(4)18(16)3/h12,15-16,18-19,21-23,30H,9-11,13-14H2,1-8H3. The van der Waals surface area contributed by atoms with E-state index in [-0.39, 0.29) is 35.7 Å². The topological polar surface area (TPSA) is 89.0 Å². The minimum atomic E-state index is -1.12. The van der Waals surface area contributed by atoms with E-state index in [9.17, 15) is 14.7 Å². The Labute approximate surface area is 224 Å². The first-order valence-electron chi connectivity index (χ1n) is 13.1. The van der Waals surface area contributed by atoms with Gasteiger partial charge in [-0.25, -0.2) is 4.98 Å². The Bertz CT molecular complexity index is 973. The molecule has 2 fully saturated rings. The molecule has 3 rings (SSSR count). The fraction of sp³-hybridized carbons (Fsp3) is 0.750. The van der Waals surface area contributed by atoms with Crippen molar-refractivity contribution in [3.05, 3.63) is 16.6 Å². The molecule has 0 spiro atoms. The molecule has 0 amide bonds. The number of nitrogens with zero attached hydrogens (tertiary/aromatic N) is 1. The lowest BCUT2D eigenvalue weighted by molar-refractivity contribution is -0.154. The van der Waals surface area contributed by atoms with Crippen molar-refractivity contribution in [3.63, 3.8) is 0 Å². The molecule has 202 valence electrons. The first kappa shape index (κ1) is 29.3. The number of cyclic esters (lactones) is 1. The monoisotopic (exact) mass is 537 g/mol. The lowest BCUT2D eigenvalue weighted by Gasteiger charge is -2.35. The van der Waals surface area contributed by atoms with Crippen LogP contribution in [0.15, 0.2) is 15.3 Å². The van der Waals surface area contributed by atoms with Gasteiger partial charge in [0.1, 0.15) is 16.2 Å². The van der Waals surface area contributed by atoms with Crippen LogP contribution in [0.2, 0.25) is 0 Å². The van der Waals surface area contributed by atoms with Gasteiger partial charge < -0.3 is 14.6 Å². The van der Waals surface area contributed by atoms with Gasteiger partial charge in [0.15, 0.2) is 0 Å². The van der Waals surface area contributed by atoms with Gasteiger partial charge in [-0.3, -0.25) is 9.59 Å². The summed E-state index contributed by atoms with van der Waals surface area (Å²) in [4.78, 5) is 31.0. The van der Waals surface area contributed by atoms with Gasteiger partial charge in [0.05, 0.1) is 35.3 Å². The average Bonchev–Trinajstić information content (AvgIpc) is 3.23. The number of carbonyl (C=O) groups is 2. The number of Topliss-reactive ketones (excluding diaryl/α,β-unsaturated/α-hetero) is 1. The smallest absolute Gasteiger partial charge is 0.309 e. The average molecular weight is 538 g/mol. The lowest BCUT2D eigenvalue weighted by atomic mass is 9.70. The molecule has 0 saturated carbocycles. The Morgan fingerprint density at radius 3 is 2.58 bits per heavy atom. The normalized spacial score (nSPS) is 36.8. The number of aromatic nitrogens is 1. The number of ketones is 1. The zero-order valence-corrected chi connectivity index (χ0v) is 24.6. The van der Waals surface area contributed by atoms with Crippen LogP contribution in [0.3, 0.4) is 0 Å². The van der Waals surface area contributed by atoms with Gasteiger partial charge >= 0.3 is 5.97 Å². The molecule has 3 heterocycles. The number of carbonyl (C=O) groups excluding carboxylic acids is 2. The van der Waals surface area contributed by atoms with E-state index in [1.807, 2.05) is 31.6 Å². The third-order valence-corrected chi connectivity index (χ3v) is 10.4. The van der Waals surface area contributed by atoms with E-state index in [0.29, 0.717) is 12.3 Å². The Hall–Kier alpha value is -1.22. The van der Waals surface area contributed by atoms with Crippen molar-refractivity contribution in [1.29, 1.82) is 0 Å². The molecule has 7 unspecified atom stereocenters. The molecule has 2 aliphatic rings. The van der Waals surface area contributed by atoms with Crippen LogP contribution in [0, 0.1) is 23.2 Å². The number of fused-ring (bicyclic) bond motifs is 1. The van der Waals surface area contributed by atoms with Crippen LogP contribution in [-0.4, -0.2) is 52.0 Å².